The number of nitrogens with zero attached hydrogens (tertiary/aromatic N) is 1. The van der Waals surface area contributed by atoms with Crippen LogP contribution in [0, 0.1) is 12.8 Å². The van der Waals surface area contributed by atoms with Gasteiger partial charge >= 0.3 is 0 Å². The Kier molecular flexibility index (Phi) is 3.96. The lowest BCUT2D eigenvalue weighted by Gasteiger charge is -2.29. The molecular weight excluding hydrogens is 250 g/mol. The fourth-order valence-electron chi connectivity index (χ4n) is 3.05. The molecule has 1 aromatic carbocycles. The van der Waals surface area contributed by atoms with Gasteiger partial charge in [-0.3, -0.25) is 16.3 Å². The summed E-state index contributed by atoms with van der Waals surface area (Å²) >= 11 is 0. The SMILES string of the molecule is Cc1cc(C(NN)C2CCOCC2)nc2ccccc12. The van der Waals surface area contributed by atoms with Crippen molar-refractivity contribution in [1.82, 2.24) is 10.4 Å². The summed E-state index contributed by atoms with van der Waals surface area (Å²) in [4.78, 5) is 4.80. The van der Waals surface area contributed by atoms with Gasteiger partial charge < -0.3 is 4.74 Å². The van der Waals surface area contributed by atoms with E-state index < -0.39 is 0 Å². The van der Waals surface area contributed by atoms with E-state index in [1.54, 1.807) is 0 Å². The molecule has 1 unspecified atom stereocenters. The molecule has 0 saturated carbocycles. The van der Waals surface area contributed by atoms with E-state index in [0.29, 0.717) is 5.92 Å². The Hall–Kier alpha value is -1.49. The number of rotatable bonds is 3. The molecule has 20 heavy (non-hydrogen) atoms. The summed E-state index contributed by atoms with van der Waals surface area (Å²) in [5, 5.41) is 1.21. The van der Waals surface area contributed by atoms with Crippen molar-refractivity contribution in [1.29, 1.82) is 0 Å². The quantitative estimate of drug-likeness (QED) is 0.665. The molecule has 1 aromatic heterocycles. The lowest BCUT2D eigenvalue weighted by molar-refractivity contribution is 0.0531. The molecule has 1 atom stereocenters. The smallest absolute Gasteiger partial charge is 0.0708 e. The minimum atomic E-state index is 0.0993. The van der Waals surface area contributed by atoms with E-state index in [2.05, 4.69) is 30.5 Å². The van der Waals surface area contributed by atoms with Crippen molar-refractivity contribution in [3.63, 3.8) is 0 Å². The first-order chi connectivity index (χ1) is 9.79. The monoisotopic (exact) mass is 271 g/mol. The fraction of sp³-hybridized carbons (Fsp3) is 0.438. The van der Waals surface area contributed by atoms with Crippen molar-refractivity contribution in [2.45, 2.75) is 25.8 Å². The first-order valence-electron chi connectivity index (χ1n) is 7.20. The lowest BCUT2D eigenvalue weighted by Crippen LogP contribution is -2.36. The molecule has 0 radical (unpaired) electrons. The van der Waals surface area contributed by atoms with Gasteiger partial charge in [-0.15, -0.1) is 0 Å². The molecule has 3 N–H and O–H groups in total. The Labute approximate surface area is 119 Å². The number of fused-ring (bicyclic) bond motifs is 1. The molecule has 1 aliphatic rings. The van der Waals surface area contributed by atoms with Gasteiger partial charge in [0, 0.05) is 18.6 Å². The maximum atomic E-state index is 5.80. The minimum Gasteiger partial charge on any atom is -0.381 e. The number of nitrogens with two attached hydrogens (primary N) is 1. The molecule has 4 heteroatoms. The number of pyridine rings is 1. The summed E-state index contributed by atoms with van der Waals surface area (Å²) in [6, 6.07) is 10.5. The summed E-state index contributed by atoms with van der Waals surface area (Å²) in [6.45, 7) is 3.76. The van der Waals surface area contributed by atoms with Crippen LogP contribution in [0.3, 0.4) is 0 Å². The Balaban J connectivity index is 1.98. The zero-order valence-corrected chi connectivity index (χ0v) is 11.8. The highest BCUT2D eigenvalue weighted by Crippen LogP contribution is 2.30. The number of aromatic nitrogens is 1. The first-order valence-corrected chi connectivity index (χ1v) is 7.20. The average molecular weight is 271 g/mol. The van der Waals surface area contributed by atoms with E-state index in [4.69, 9.17) is 15.6 Å². The highest BCUT2D eigenvalue weighted by molar-refractivity contribution is 5.82. The van der Waals surface area contributed by atoms with Gasteiger partial charge in [0.1, 0.15) is 0 Å². The molecule has 0 aliphatic carbocycles. The predicted octanol–water partition coefficient (Wildman–Crippen LogP) is 2.47. The predicted molar refractivity (Wildman–Crippen MR) is 80.1 cm³/mol. The molecule has 1 fully saturated rings. The van der Waals surface area contributed by atoms with Crippen LogP contribution in [-0.2, 0) is 4.74 Å². The van der Waals surface area contributed by atoms with Crippen molar-refractivity contribution >= 4 is 10.9 Å². The number of nitrogens with one attached hydrogen (secondary N) is 1. The van der Waals surface area contributed by atoms with E-state index in [-0.39, 0.29) is 6.04 Å². The summed E-state index contributed by atoms with van der Waals surface area (Å²) in [5.41, 5.74) is 6.28. The molecule has 0 amide bonds. The van der Waals surface area contributed by atoms with Crippen LogP contribution in [0.1, 0.15) is 30.1 Å². The number of aryl methyl sites for hydroxylation is 1. The van der Waals surface area contributed by atoms with Crippen LogP contribution in [0.4, 0.5) is 0 Å². The number of hydrogen-bond donors (Lipinski definition) is 2. The topological polar surface area (TPSA) is 60.2 Å². The highest BCUT2D eigenvalue weighted by atomic mass is 16.5. The molecule has 3 rings (SSSR count). The van der Waals surface area contributed by atoms with Crippen molar-refractivity contribution in [3.05, 3.63) is 41.6 Å². The van der Waals surface area contributed by atoms with E-state index >= 15 is 0 Å². The Bertz CT molecular complexity index is 593. The maximum Gasteiger partial charge on any atom is 0.0708 e. The molecule has 1 saturated heterocycles. The van der Waals surface area contributed by atoms with Crippen LogP contribution in [0.5, 0.6) is 0 Å². The third kappa shape index (κ3) is 2.54. The largest absolute Gasteiger partial charge is 0.381 e. The maximum absolute atomic E-state index is 5.80. The molecule has 2 heterocycles. The van der Waals surface area contributed by atoms with Gasteiger partial charge in [-0.2, -0.15) is 0 Å². The fourth-order valence-corrected chi connectivity index (χ4v) is 3.05. The van der Waals surface area contributed by atoms with E-state index in [1.807, 2.05) is 12.1 Å². The minimum absolute atomic E-state index is 0.0993. The van der Waals surface area contributed by atoms with Crippen molar-refractivity contribution in [2.24, 2.45) is 11.8 Å². The molecule has 0 bridgehead atoms. The summed E-state index contributed by atoms with van der Waals surface area (Å²) in [6.07, 6.45) is 2.06. The number of hydrogen-bond acceptors (Lipinski definition) is 4. The normalized spacial score (nSPS) is 18.3. The van der Waals surface area contributed by atoms with E-state index in [9.17, 15) is 0 Å². The van der Waals surface area contributed by atoms with Crippen LogP contribution in [0.2, 0.25) is 0 Å². The van der Waals surface area contributed by atoms with Crippen molar-refractivity contribution in [2.75, 3.05) is 13.2 Å². The Morgan fingerprint density at radius 2 is 2.05 bits per heavy atom. The van der Waals surface area contributed by atoms with Crippen LogP contribution in [-0.4, -0.2) is 18.2 Å². The van der Waals surface area contributed by atoms with Crippen LogP contribution in [0.15, 0.2) is 30.3 Å². The van der Waals surface area contributed by atoms with Gasteiger partial charge in [-0.1, -0.05) is 18.2 Å². The van der Waals surface area contributed by atoms with Gasteiger partial charge in [0.15, 0.2) is 0 Å². The van der Waals surface area contributed by atoms with Crippen LogP contribution >= 0.6 is 0 Å². The summed E-state index contributed by atoms with van der Waals surface area (Å²) < 4.78 is 5.44. The number of para-hydroxylation sites is 1. The third-order valence-corrected chi connectivity index (χ3v) is 4.18. The summed E-state index contributed by atoms with van der Waals surface area (Å²) in [5.74, 6) is 6.29. The van der Waals surface area contributed by atoms with Crippen molar-refractivity contribution < 1.29 is 4.74 Å². The third-order valence-electron chi connectivity index (χ3n) is 4.18. The van der Waals surface area contributed by atoms with Gasteiger partial charge in [0.05, 0.1) is 17.3 Å². The van der Waals surface area contributed by atoms with Crippen LogP contribution < -0.4 is 11.3 Å². The Morgan fingerprint density at radius 3 is 2.80 bits per heavy atom. The average Bonchev–Trinajstić information content (AvgIpc) is 2.49. The van der Waals surface area contributed by atoms with Crippen molar-refractivity contribution in [3.8, 4) is 0 Å². The zero-order valence-electron chi connectivity index (χ0n) is 11.8. The highest BCUT2D eigenvalue weighted by Gasteiger charge is 2.26. The van der Waals surface area contributed by atoms with Gasteiger partial charge in [-0.25, -0.2) is 0 Å². The summed E-state index contributed by atoms with van der Waals surface area (Å²) in [7, 11) is 0. The molecule has 1 aliphatic heterocycles. The molecule has 4 nitrogen and oxygen atoms in total. The molecule has 106 valence electrons. The van der Waals surface area contributed by atoms with E-state index in [0.717, 1.165) is 37.3 Å². The van der Waals surface area contributed by atoms with Gasteiger partial charge in [-0.05, 0) is 43.4 Å². The second-order valence-corrected chi connectivity index (χ2v) is 5.48. The number of benzene rings is 1. The molecular formula is C16H21N3O. The van der Waals surface area contributed by atoms with Gasteiger partial charge in [0.25, 0.3) is 0 Å². The van der Waals surface area contributed by atoms with E-state index in [1.165, 1.54) is 10.9 Å². The molecule has 2 aromatic rings. The first kappa shape index (κ1) is 13.5. The molecule has 0 spiro atoms. The standard InChI is InChI=1S/C16H21N3O/c1-11-10-15(18-14-5-3-2-4-13(11)14)16(19-17)12-6-8-20-9-7-12/h2-5,10,12,16,19H,6-9,17H2,1H3. The van der Waals surface area contributed by atoms with Gasteiger partial charge in [0.2, 0.25) is 0 Å². The zero-order chi connectivity index (χ0) is 13.9. The Morgan fingerprint density at radius 1 is 1.30 bits per heavy atom. The lowest BCUT2D eigenvalue weighted by atomic mass is 9.89. The van der Waals surface area contributed by atoms with Crippen LogP contribution in [0.25, 0.3) is 10.9 Å². The second-order valence-electron chi connectivity index (χ2n) is 5.48. The second kappa shape index (κ2) is 5.87. The number of ether oxygens (including phenoxy) is 1. The number of hydrazine groups is 1.